The number of aliphatic hydroxyl groups is 1. The lowest BCUT2D eigenvalue weighted by Crippen LogP contribution is -2.43. The van der Waals surface area contributed by atoms with Gasteiger partial charge in [0.1, 0.15) is 0 Å². The quantitative estimate of drug-likeness (QED) is 0.475. The van der Waals surface area contributed by atoms with Crippen LogP contribution in [0.25, 0.3) is 0 Å². The van der Waals surface area contributed by atoms with Crippen LogP contribution >= 0.6 is 0 Å². The molecule has 8 nitrogen and oxygen atoms in total. The molecule has 1 saturated heterocycles. The van der Waals surface area contributed by atoms with Crippen LogP contribution in [0.1, 0.15) is 12.8 Å². The zero-order valence-electron chi connectivity index (χ0n) is 9.63. The van der Waals surface area contributed by atoms with Crippen molar-refractivity contribution in [1.29, 1.82) is 0 Å². The maximum atomic E-state index is 11.3. The molecule has 0 bridgehead atoms. The van der Waals surface area contributed by atoms with Crippen LogP contribution in [0.4, 0.5) is 4.79 Å². The first-order valence-corrected chi connectivity index (χ1v) is 7.28. The SMILES string of the molecule is O=C(NCCC(O)C(=O)O)NC1CCS(=O)(=O)C1. The molecule has 1 aliphatic rings. The first kappa shape index (κ1) is 14.7. The van der Waals surface area contributed by atoms with E-state index >= 15 is 0 Å². The number of carbonyl (C=O) groups is 2. The van der Waals surface area contributed by atoms with Crippen LogP contribution in [0, 0.1) is 0 Å². The highest BCUT2D eigenvalue weighted by Gasteiger charge is 2.28. The standard InChI is InChI=1S/C9H16N2O6S/c12-7(8(13)14)1-3-10-9(15)11-6-2-4-18(16,17)5-6/h6-7,12H,1-5H2,(H,13,14)(H2,10,11,15). The first-order valence-electron chi connectivity index (χ1n) is 5.46. The number of amides is 2. The van der Waals surface area contributed by atoms with Crippen molar-refractivity contribution in [1.82, 2.24) is 10.6 Å². The average Bonchev–Trinajstić information content (AvgIpc) is 2.57. The number of carboxylic acids is 1. The van der Waals surface area contributed by atoms with Crippen molar-refractivity contribution in [2.45, 2.75) is 25.0 Å². The molecule has 1 rings (SSSR count). The van der Waals surface area contributed by atoms with Gasteiger partial charge in [0.05, 0.1) is 11.5 Å². The smallest absolute Gasteiger partial charge is 0.332 e. The molecule has 2 amide bonds. The average molecular weight is 280 g/mol. The van der Waals surface area contributed by atoms with Gasteiger partial charge in [-0.25, -0.2) is 18.0 Å². The molecule has 0 aromatic rings. The largest absolute Gasteiger partial charge is 0.479 e. The van der Waals surface area contributed by atoms with Crippen molar-refractivity contribution < 1.29 is 28.2 Å². The number of carbonyl (C=O) groups excluding carboxylic acids is 1. The topological polar surface area (TPSA) is 133 Å². The summed E-state index contributed by atoms with van der Waals surface area (Å²) in [5, 5.41) is 22.2. The number of rotatable bonds is 5. The molecule has 0 aromatic carbocycles. The Labute approximate surface area is 104 Å². The number of sulfone groups is 1. The van der Waals surface area contributed by atoms with Gasteiger partial charge in [0.2, 0.25) is 0 Å². The van der Waals surface area contributed by atoms with Crippen LogP contribution < -0.4 is 10.6 Å². The minimum Gasteiger partial charge on any atom is -0.479 e. The summed E-state index contributed by atoms with van der Waals surface area (Å²) in [6, 6.07) is -0.964. The Kier molecular flexibility index (Phi) is 4.91. The van der Waals surface area contributed by atoms with Crippen molar-refractivity contribution in [3.63, 3.8) is 0 Å². The van der Waals surface area contributed by atoms with E-state index in [1.807, 2.05) is 0 Å². The second kappa shape index (κ2) is 6.01. The fourth-order valence-electron chi connectivity index (χ4n) is 1.59. The number of carboxylic acid groups (broad SMARTS) is 1. The van der Waals surface area contributed by atoms with Crippen LogP contribution in [-0.2, 0) is 14.6 Å². The number of hydrogen-bond acceptors (Lipinski definition) is 5. The Morgan fingerprint density at radius 1 is 1.39 bits per heavy atom. The minimum atomic E-state index is -3.05. The number of nitrogens with one attached hydrogen (secondary N) is 2. The highest BCUT2D eigenvalue weighted by molar-refractivity contribution is 7.91. The minimum absolute atomic E-state index is 0.00122. The summed E-state index contributed by atoms with van der Waals surface area (Å²) in [6.07, 6.45) is -1.24. The van der Waals surface area contributed by atoms with E-state index in [0.29, 0.717) is 6.42 Å². The van der Waals surface area contributed by atoms with Gasteiger partial charge in [-0.05, 0) is 6.42 Å². The van der Waals surface area contributed by atoms with Gasteiger partial charge in [0, 0.05) is 19.0 Å². The van der Waals surface area contributed by atoms with Crippen LogP contribution in [0.15, 0.2) is 0 Å². The van der Waals surface area contributed by atoms with Gasteiger partial charge >= 0.3 is 12.0 Å². The van der Waals surface area contributed by atoms with E-state index in [2.05, 4.69) is 10.6 Å². The number of aliphatic hydroxyl groups excluding tert-OH is 1. The molecule has 0 aromatic heterocycles. The Hall–Kier alpha value is -1.35. The van der Waals surface area contributed by atoms with E-state index in [-0.39, 0.29) is 24.5 Å². The van der Waals surface area contributed by atoms with E-state index < -0.39 is 34.0 Å². The van der Waals surface area contributed by atoms with Crippen LogP contribution in [0.3, 0.4) is 0 Å². The summed E-state index contributed by atoms with van der Waals surface area (Å²) in [4.78, 5) is 21.6. The van der Waals surface area contributed by atoms with Crippen molar-refractivity contribution in [3.8, 4) is 0 Å². The van der Waals surface area contributed by atoms with Crippen molar-refractivity contribution >= 4 is 21.8 Å². The van der Waals surface area contributed by atoms with Crippen molar-refractivity contribution in [2.24, 2.45) is 0 Å². The zero-order valence-corrected chi connectivity index (χ0v) is 10.4. The number of aliphatic carboxylic acids is 1. The van der Waals surface area contributed by atoms with Gasteiger partial charge < -0.3 is 20.8 Å². The number of urea groups is 1. The lowest BCUT2D eigenvalue weighted by atomic mass is 10.2. The molecule has 0 radical (unpaired) electrons. The summed E-state index contributed by atoms with van der Waals surface area (Å²) in [6.45, 7) is -0.00122. The molecule has 9 heteroatoms. The van der Waals surface area contributed by atoms with E-state index in [1.54, 1.807) is 0 Å². The van der Waals surface area contributed by atoms with Crippen molar-refractivity contribution in [2.75, 3.05) is 18.1 Å². The fourth-order valence-corrected chi connectivity index (χ4v) is 3.26. The second-order valence-corrected chi connectivity index (χ2v) is 6.37. The summed E-state index contributed by atoms with van der Waals surface area (Å²) in [5.74, 6) is -1.35. The van der Waals surface area contributed by atoms with Gasteiger partial charge in [-0.1, -0.05) is 0 Å². The molecular weight excluding hydrogens is 264 g/mol. The molecule has 2 atom stereocenters. The third kappa shape index (κ3) is 4.88. The van der Waals surface area contributed by atoms with E-state index in [1.165, 1.54) is 0 Å². The second-order valence-electron chi connectivity index (χ2n) is 4.14. The summed E-state index contributed by atoms with van der Waals surface area (Å²) < 4.78 is 22.3. The number of hydrogen-bond donors (Lipinski definition) is 4. The van der Waals surface area contributed by atoms with E-state index in [0.717, 1.165) is 0 Å². The molecule has 104 valence electrons. The molecule has 4 N–H and O–H groups in total. The molecule has 1 fully saturated rings. The molecule has 0 spiro atoms. The fraction of sp³-hybridized carbons (Fsp3) is 0.778. The molecule has 2 unspecified atom stereocenters. The summed E-state index contributed by atoms with van der Waals surface area (Å²) in [5.41, 5.74) is 0. The summed E-state index contributed by atoms with van der Waals surface area (Å²) in [7, 11) is -3.05. The predicted molar refractivity (Wildman–Crippen MR) is 61.9 cm³/mol. The van der Waals surface area contributed by atoms with Gasteiger partial charge in [-0.2, -0.15) is 0 Å². The highest BCUT2D eigenvalue weighted by atomic mass is 32.2. The summed E-state index contributed by atoms with van der Waals surface area (Å²) >= 11 is 0. The Morgan fingerprint density at radius 3 is 2.56 bits per heavy atom. The van der Waals surface area contributed by atoms with Gasteiger partial charge in [-0.3, -0.25) is 0 Å². The molecule has 0 saturated carbocycles. The van der Waals surface area contributed by atoms with Gasteiger partial charge in [0.15, 0.2) is 15.9 Å². The molecule has 1 heterocycles. The van der Waals surface area contributed by atoms with Crippen LogP contribution in [-0.4, -0.2) is 60.8 Å². The molecule has 1 aliphatic heterocycles. The first-order chi connectivity index (χ1) is 8.30. The molecule has 0 aliphatic carbocycles. The van der Waals surface area contributed by atoms with Gasteiger partial charge in [-0.15, -0.1) is 0 Å². The molecule has 18 heavy (non-hydrogen) atoms. The maximum Gasteiger partial charge on any atom is 0.332 e. The Balaban J connectivity index is 2.21. The Bertz CT molecular complexity index is 421. The highest BCUT2D eigenvalue weighted by Crippen LogP contribution is 2.10. The van der Waals surface area contributed by atoms with E-state index in [4.69, 9.17) is 10.2 Å². The molecular formula is C9H16N2O6S. The van der Waals surface area contributed by atoms with Crippen LogP contribution in [0.5, 0.6) is 0 Å². The third-order valence-corrected chi connectivity index (χ3v) is 4.32. The van der Waals surface area contributed by atoms with Gasteiger partial charge in [0.25, 0.3) is 0 Å². The predicted octanol–water partition coefficient (Wildman–Crippen LogP) is -1.69. The lowest BCUT2D eigenvalue weighted by Gasteiger charge is -2.12. The van der Waals surface area contributed by atoms with Crippen molar-refractivity contribution in [3.05, 3.63) is 0 Å². The van der Waals surface area contributed by atoms with Crippen LogP contribution in [0.2, 0.25) is 0 Å². The normalized spacial score (nSPS) is 23.3. The zero-order chi connectivity index (χ0) is 13.8. The third-order valence-electron chi connectivity index (χ3n) is 2.56. The lowest BCUT2D eigenvalue weighted by molar-refractivity contribution is -0.146. The Morgan fingerprint density at radius 2 is 2.06 bits per heavy atom. The van der Waals surface area contributed by atoms with E-state index in [9.17, 15) is 18.0 Å². The monoisotopic (exact) mass is 280 g/mol. The maximum absolute atomic E-state index is 11.3.